The molecule has 0 atom stereocenters. The van der Waals surface area contributed by atoms with Crippen molar-refractivity contribution in [3.8, 4) is 39.1 Å². The first kappa shape index (κ1) is 38.7. The molecule has 2 nitrogen and oxygen atoms in total. The van der Waals surface area contributed by atoms with Crippen LogP contribution in [0.4, 0.5) is 17.1 Å². The predicted molar refractivity (Wildman–Crippen MR) is 281 cm³/mol. The van der Waals surface area contributed by atoms with Gasteiger partial charge in [-0.2, -0.15) is 0 Å². The minimum absolute atomic E-state index is 0.531. The van der Waals surface area contributed by atoms with Gasteiger partial charge in [0.25, 0.3) is 0 Å². The van der Waals surface area contributed by atoms with Gasteiger partial charge in [0.05, 0.1) is 16.4 Å². The zero-order chi connectivity index (χ0) is 44.3. The third kappa shape index (κ3) is 6.18. The molecule has 1 aromatic heterocycles. The van der Waals surface area contributed by atoms with Crippen LogP contribution >= 0.6 is 0 Å². The van der Waals surface area contributed by atoms with Crippen LogP contribution in [0.5, 0.6) is 0 Å². The molecule has 11 aromatic carbocycles. The van der Waals surface area contributed by atoms with E-state index in [1.807, 2.05) is 0 Å². The summed E-state index contributed by atoms with van der Waals surface area (Å²) in [5, 5.41) is 4.90. The average Bonchev–Trinajstić information content (AvgIpc) is 3.90. The molecule has 0 N–H and O–H groups in total. The Morgan fingerprint density at radius 3 is 1.48 bits per heavy atom. The van der Waals surface area contributed by atoms with Gasteiger partial charge < -0.3 is 9.47 Å². The molecule has 0 saturated carbocycles. The third-order valence-corrected chi connectivity index (χ3v) is 14.1. The van der Waals surface area contributed by atoms with E-state index < -0.39 is 5.41 Å². The second-order valence-electron chi connectivity index (χ2n) is 17.6. The van der Waals surface area contributed by atoms with Crippen molar-refractivity contribution in [1.82, 2.24) is 4.57 Å². The number of benzene rings is 11. The number of aromatic nitrogens is 1. The Morgan fingerprint density at radius 2 is 0.806 bits per heavy atom. The Bertz CT molecular complexity index is 3720. The molecule has 0 radical (unpaired) electrons. The molecule has 12 aromatic rings. The maximum atomic E-state index is 2.48. The first-order valence-electron chi connectivity index (χ1n) is 23.2. The van der Waals surface area contributed by atoms with E-state index in [0.29, 0.717) is 0 Å². The van der Waals surface area contributed by atoms with E-state index in [0.717, 1.165) is 28.3 Å². The van der Waals surface area contributed by atoms with Gasteiger partial charge >= 0.3 is 0 Å². The van der Waals surface area contributed by atoms with Gasteiger partial charge in [-0.05, 0) is 110 Å². The molecule has 2 heteroatoms. The fourth-order valence-electron chi connectivity index (χ4n) is 11.1. The van der Waals surface area contributed by atoms with Gasteiger partial charge in [0.2, 0.25) is 0 Å². The molecule has 0 amide bonds. The minimum Gasteiger partial charge on any atom is -0.310 e. The molecule has 0 bridgehead atoms. The number of fused-ring (bicyclic) bond motifs is 8. The molecule has 1 aliphatic rings. The number of anilines is 3. The summed E-state index contributed by atoms with van der Waals surface area (Å²) in [6.45, 7) is 0. The number of hydrogen-bond acceptors (Lipinski definition) is 1. The van der Waals surface area contributed by atoms with Gasteiger partial charge in [0.1, 0.15) is 0 Å². The van der Waals surface area contributed by atoms with Crippen LogP contribution in [0.25, 0.3) is 71.6 Å². The van der Waals surface area contributed by atoms with Crippen molar-refractivity contribution in [2.24, 2.45) is 0 Å². The van der Waals surface area contributed by atoms with Gasteiger partial charge in [-0.3, -0.25) is 0 Å². The SMILES string of the molecule is c1ccc(-c2ccc(N(c3ccc4c(c3)C(c3ccccc3)(c3ccccc3)c3ccccc3-4)c3ccc4c5ccc6ccccc6c5n(-c5ccc(-c6ccccc6)cc5)c4c3)cc2)cc1. The standard InChI is InChI=1S/C65H44N2/c1-5-17-45(18-6-1)47-29-34-52(35-30-47)66(54-38-41-58-57-27-15-16-28-61(57)65(62(58)43-54,50-22-9-3-10-23-50)51-24-11-4-12-25-51)55-39-42-59-60-40-33-49-21-13-14-26-56(49)64(60)67(63(59)44-55)53-36-31-48(32-37-53)46-19-7-2-8-20-46/h1-44H. The van der Waals surface area contributed by atoms with Crippen LogP contribution in [-0.2, 0) is 5.41 Å². The predicted octanol–water partition coefficient (Wildman–Crippen LogP) is 17.1. The summed E-state index contributed by atoms with van der Waals surface area (Å²) in [6.07, 6.45) is 0. The first-order valence-corrected chi connectivity index (χ1v) is 23.2. The van der Waals surface area contributed by atoms with Crippen molar-refractivity contribution >= 4 is 49.6 Å². The van der Waals surface area contributed by atoms with Crippen LogP contribution in [-0.4, -0.2) is 4.57 Å². The van der Waals surface area contributed by atoms with E-state index >= 15 is 0 Å². The maximum Gasteiger partial charge on any atom is 0.0714 e. The Morgan fingerprint density at radius 1 is 0.313 bits per heavy atom. The van der Waals surface area contributed by atoms with Crippen LogP contribution in [0.3, 0.4) is 0 Å². The zero-order valence-electron chi connectivity index (χ0n) is 36.8. The molecule has 0 saturated heterocycles. The molecule has 67 heavy (non-hydrogen) atoms. The highest BCUT2D eigenvalue weighted by Gasteiger charge is 2.46. The monoisotopic (exact) mass is 852 g/mol. The summed E-state index contributed by atoms with van der Waals surface area (Å²) >= 11 is 0. The topological polar surface area (TPSA) is 8.17 Å². The van der Waals surface area contributed by atoms with Crippen molar-refractivity contribution in [3.05, 3.63) is 289 Å². The fourth-order valence-corrected chi connectivity index (χ4v) is 11.1. The van der Waals surface area contributed by atoms with E-state index in [-0.39, 0.29) is 0 Å². The Kier molecular flexibility index (Phi) is 9.11. The Hall–Kier alpha value is -8.72. The van der Waals surface area contributed by atoms with Crippen molar-refractivity contribution in [3.63, 3.8) is 0 Å². The van der Waals surface area contributed by atoms with Crippen LogP contribution in [0, 0.1) is 0 Å². The summed E-state index contributed by atoms with van der Waals surface area (Å²) in [7, 11) is 0. The van der Waals surface area contributed by atoms with Crippen LogP contribution < -0.4 is 4.90 Å². The van der Waals surface area contributed by atoms with Gasteiger partial charge in [-0.25, -0.2) is 0 Å². The molecule has 1 aliphatic carbocycles. The fraction of sp³-hybridized carbons (Fsp3) is 0.0154. The number of rotatable bonds is 8. The van der Waals surface area contributed by atoms with E-state index in [1.54, 1.807) is 0 Å². The molecule has 13 rings (SSSR count). The lowest BCUT2D eigenvalue weighted by molar-refractivity contribution is 0.768. The maximum absolute atomic E-state index is 2.48. The summed E-state index contributed by atoms with van der Waals surface area (Å²) in [6, 6.07) is 98.2. The van der Waals surface area contributed by atoms with Crippen molar-refractivity contribution in [1.29, 1.82) is 0 Å². The molecule has 0 spiro atoms. The highest BCUT2D eigenvalue weighted by molar-refractivity contribution is 6.19. The van der Waals surface area contributed by atoms with Crippen LogP contribution in [0.1, 0.15) is 22.3 Å². The zero-order valence-corrected chi connectivity index (χ0v) is 36.8. The molecule has 0 fully saturated rings. The van der Waals surface area contributed by atoms with E-state index in [2.05, 4.69) is 276 Å². The smallest absolute Gasteiger partial charge is 0.0714 e. The molecule has 0 unspecified atom stereocenters. The second kappa shape index (κ2) is 15.8. The van der Waals surface area contributed by atoms with E-state index in [4.69, 9.17) is 0 Å². The van der Waals surface area contributed by atoms with Crippen LogP contribution in [0.2, 0.25) is 0 Å². The Balaban J connectivity index is 1.06. The van der Waals surface area contributed by atoms with Crippen molar-refractivity contribution in [2.75, 3.05) is 4.90 Å². The van der Waals surface area contributed by atoms with Gasteiger partial charge in [0, 0.05) is 38.9 Å². The normalized spacial score (nSPS) is 12.6. The van der Waals surface area contributed by atoms with Crippen molar-refractivity contribution < 1.29 is 0 Å². The summed E-state index contributed by atoms with van der Waals surface area (Å²) in [5.74, 6) is 0. The Labute approximate surface area is 390 Å². The van der Waals surface area contributed by atoms with E-state index in [9.17, 15) is 0 Å². The molecular formula is C65H44N2. The van der Waals surface area contributed by atoms with Crippen molar-refractivity contribution in [2.45, 2.75) is 5.41 Å². The van der Waals surface area contributed by atoms with Crippen LogP contribution in [0.15, 0.2) is 267 Å². The summed E-state index contributed by atoms with van der Waals surface area (Å²) in [4.78, 5) is 2.46. The summed E-state index contributed by atoms with van der Waals surface area (Å²) in [5.41, 5.74) is 18.6. The van der Waals surface area contributed by atoms with Gasteiger partial charge in [-0.15, -0.1) is 0 Å². The minimum atomic E-state index is -0.531. The highest BCUT2D eigenvalue weighted by Crippen LogP contribution is 2.57. The molecule has 1 heterocycles. The quantitative estimate of drug-likeness (QED) is 0.148. The summed E-state index contributed by atoms with van der Waals surface area (Å²) < 4.78 is 2.48. The molecular weight excluding hydrogens is 809 g/mol. The second-order valence-corrected chi connectivity index (χ2v) is 17.6. The average molecular weight is 853 g/mol. The lowest BCUT2D eigenvalue weighted by atomic mass is 9.67. The highest BCUT2D eigenvalue weighted by atomic mass is 15.1. The third-order valence-electron chi connectivity index (χ3n) is 14.1. The number of nitrogens with zero attached hydrogens (tertiary/aromatic N) is 2. The van der Waals surface area contributed by atoms with E-state index in [1.165, 1.54) is 82.7 Å². The van der Waals surface area contributed by atoms with Gasteiger partial charge in [-0.1, -0.05) is 218 Å². The largest absolute Gasteiger partial charge is 0.310 e. The molecule has 314 valence electrons. The first-order chi connectivity index (χ1) is 33.2. The molecule has 0 aliphatic heterocycles. The van der Waals surface area contributed by atoms with Gasteiger partial charge in [0.15, 0.2) is 0 Å². The lowest BCUT2D eigenvalue weighted by Crippen LogP contribution is -2.28. The lowest BCUT2D eigenvalue weighted by Gasteiger charge is -2.35. The number of hydrogen-bond donors (Lipinski definition) is 0.